The number of hydrogen-bond acceptors (Lipinski definition) is 3. The molecule has 0 saturated carbocycles. The number of nitrogens with one attached hydrogen (secondary N) is 1. The molecule has 1 rings (SSSR count). The molecule has 0 spiro atoms. The van der Waals surface area contributed by atoms with E-state index in [9.17, 15) is 0 Å². The molecule has 3 heteroatoms. The quantitative estimate of drug-likeness (QED) is 0.725. The third-order valence-corrected chi connectivity index (χ3v) is 2.22. The summed E-state index contributed by atoms with van der Waals surface area (Å²) < 4.78 is 5.23. The summed E-state index contributed by atoms with van der Waals surface area (Å²) in [7, 11) is 1.64. The van der Waals surface area contributed by atoms with E-state index < -0.39 is 0 Å². The van der Waals surface area contributed by atoms with Crippen LogP contribution in [-0.4, -0.2) is 18.6 Å². The highest BCUT2D eigenvalue weighted by molar-refractivity contribution is 5.29. The van der Waals surface area contributed by atoms with Crippen LogP contribution < -0.4 is 10.1 Å². The van der Waals surface area contributed by atoms with Gasteiger partial charge in [-0.25, -0.2) is 4.98 Å². The Morgan fingerprint density at radius 1 is 1.67 bits per heavy atom. The van der Waals surface area contributed by atoms with Crippen LogP contribution in [0.25, 0.3) is 0 Å². The van der Waals surface area contributed by atoms with Crippen molar-refractivity contribution in [3.63, 3.8) is 0 Å². The maximum Gasteiger partial charge on any atom is 0.217 e. The van der Waals surface area contributed by atoms with Crippen molar-refractivity contribution < 1.29 is 4.74 Å². The second-order valence-electron chi connectivity index (χ2n) is 3.24. The zero-order valence-corrected chi connectivity index (χ0v) is 9.36. The fraction of sp³-hybridized carbons (Fsp3) is 0.417. The molecule has 1 aromatic rings. The molecule has 1 N–H and O–H groups in total. The molecule has 0 aliphatic rings. The normalized spacial score (nSPS) is 12.1. The zero-order valence-electron chi connectivity index (χ0n) is 9.36. The number of pyridine rings is 1. The lowest BCUT2D eigenvalue weighted by molar-refractivity contribution is 0.383. The smallest absolute Gasteiger partial charge is 0.217 e. The van der Waals surface area contributed by atoms with Gasteiger partial charge in [0.25, 0.3) is 0 Å². The Morgan fingerprint density at radius 2 is 2.47 bits per heavy atom. The van der Waals surface area contributed by atoms with Crippen molar-refractivity contribution in [2.45, 2.75) is 19.4 Å². The highest BCUT2D eigenvalue weighted by Gasteiger charge is 2.13. The summed E-state index contributed by atoms with van der Waals surface area (Å²) >= 11 is 0. The third-order valence-electron chi connectivity index (χ3n) is 2.22. The van der Waals surface area contributed by atoms with Gasteiger partial charge in [0.05, 0.1) is 7.11 Å². The van der Waals surface area contributed by atoms with Gasteiger partial charge in [-0.05, 0) is 19.0 Å². The van der Waals surface area contributed by atoms with Gasteiger partial charge in [-0.1, -0.05) is 19.1 Å². The molecule has 0 fully saturated rings. The van der Waals surface area contributed by atoms with E-state index in [4.69, 9.17) is 4.74 Å². The van der Waals surface area contributed by atoms with E-state index in [1.54, 1.807) is 13.3 Å². The highest BCUT2D eigenvalue weighted by atomic mass is 16.5. The second-order valence-corrected chi connectivity index (χ2v) is 3.24. The zero-order chi connectivity index (χ0) is 11.1. The van der Waals surface area contributed by atoms with E-state index in [0.29, 0.717) is 5.88 Å². The van der Waals surface area contributed by atoms with Crippen LogP contribution in [0, 0.1) is 0 Å². The molecule has 0 aliphatic carbocycles. The van der Waals surface area contributed by atoms with Gasteiger partial charge in [0.2, 0.25) is 5.88 Å². The van der Waals surface area contributed by atoms with Crippen molar-refractivity contribution in [2.24, 2.45) is 0 Å². The van der Waals surface area contributed by atoms with E-state index in [-0.39, 0.29) is 6.04 Å². The monoisotopic (exact) mass is 206 g/mol. The van der Waals surface area contributed by atoms with E-state index >= 15 is 0 Å². The Morgan fingerprint density at radius 3 is 3.07 bits per heavy atom. The maximum atomic E-state index is 5.23. The minimum absolute atomic E-state index is 0.233. The topological polar surface area (TPSA) is 34.2 Å². The van der Waals surface area contributed by atoms with Crippen molar-refractivity contribution in [1.29, 1.82) is 0 Å². The summed E-state index contributed by atoms with van der Waals surface area (Å²) in [4.78, 5) is 4.19. The molecule has 1 heterocycles. The van der Waals surface area contributed by atoms with Crippen LogP contribution in [0.5, 0.6) is 5.88 Å². The first-order valence-corrected chi connectivity index (χ1v) is 5.16. The number of nitrogens with zero attached hydrogens (tertiary/aromatic N) is 1. The summed E-state index contributed by atoms with van der Waals surface area (Å²) in [6.45, 7) is 6.76. The standard InChI is InChI=1S/C12H18N2O/c1-4-7-11(13-5-2)10-8-6-9-14-12(10)15-3/h4,6,8-9,11,13H,1,5,7H2,2-3H3. The van der Waals surface area contributed by atoms with Crippen LogP contribution in [0.3, 0.4) is 0 Å². The summed E-state index contributed by atoms with van der Waals surface area (Å²) in [5, 5.41) is 3.38. The predicted molar refractivity (Wildman–Crippen MR) is 62.0 cm³/mol. The molecule has 1 aromatic heterocycles. The molecule has 82 valence electrons. The molecule has 3 nitrogen and oxygen atoms in total. The number of ether oxygens (including phenoxy) is 1. The Labute approximate surface area is 91.2 Å². The number of methoxy groups -OCH3 is 1. The van der Waals surface area contributed by atoms with Gasteiger partial charge >= 0.3 is 0 Å². The molecule has 0 aliphatic heterocycles. The number of rotatable bonds is 6. The Bertz CT molecular complexity index is 312. The van der Waals surface area contributed by atoms with Crippen LogP contribution in [0.4, 0.5) is 0 Å². The van der Waals surface area contributed by atoms with E-state index in [1.807, 2.05) is 18.2 Å². The van der Waals surface area contributed by atoms with Crippen LogP contribution in [0.1, 0.15) is 24.9 Å². The van der Waals surface area contributed by atoms with Gasteiger partial charge in [0.1, 0.15) is 0 Å². The highest BCUT2D eigenvalue weighted by Crippen LogP contribution is 2.24. The van der Waals surface area contributed by atoms with Crippen LogP contribution >= 0.6 is 0 Å². The van der Waals surface area contributed by atoms with Crippen molar-refractivity contribution >= 4 is 0 Å². The first-order valence-electron chi connectivity index (χ1n) is 5.16. The van der Waals surface area contributed by atoms with E-state index in [2.05, 4.69) is 23.8 Å². The van der Waals surface area contributed by atoms with E-state index in [1.165, 1.54) is 0 Å². The second kappa shape index (κ2) is 6.19. The van der Waals surface area contributed by atoms with Crippen molar-refractivity contribution in [2.75, 3.05) is 13.7 Å². The summed E-state index contributed by atoms with van der Waals surface area (Å²) in [5.41, 5.74) is 1.08. The van der Waals surface area contributed by atoms with Gasteiger partial charge in [-0.3, -0.25) is 0 Å². The molecule has 0 radical (unpaired) electrons. The minimum atomic E-state index is 0.233. The van der Waals surface area contributed by atoms with Gasteiger partial charge in [0.15, 0.2) is 0 Å². The van der Waals surface area contributed by atoms with Gasteiger partial charge in [-0.2, -0.15) is 0 Å². The first-order chi connectivity index (χ1) is 7.33. The van der Waals surface area contributed by atoms with Crippen LogP contribution in [0.2, 0.25) is 0 Å². The maximum absolute atomic E-state index is 5.23. The average Bonchev–Trinajstić information content (AvgIpc) is 2.29. The molecule has 15 heavy (non-hydrogen) atoms. The SMILES string of the molecule is C=CCC(NCC)c1cccnc1OC. The first kappa shape index (κ1) is 11.7. The van der Waals surface area contributed by atoms with Crippen LogP contribution in [-0.2, 0) is 0 Å². The third kappa shape index (κ3) is 3.06. The molecular weight excluding hydrogens is 188 g/mol. The molecule has 1 atom stereocenters. The average molecular weight is 206 g/mol. The molecule has 0 aromatic carbocycles. The van der Waals surface area contributed by atoms with Crippen molar-refractivity contribution in [3.8, 4) is 5.88 Å². The lowest BCUT2D eigenvalue weighted by atomic mass is 10.1. The number of hydrogen-bond donors (Lipinski definition) is 1. The molecule has 0 amide bonds. The summed E-state index contributed by atoms with van der Waals surface area (Å²) in [6, 6.07) is 4.18. The summed E-state index contributed by atoms with van der Waals surface area (Å²) in [5.74, 6) is 0.685. The molecule has 0 bridgehead atoms. The fourth-order valence-corrected chi connectivity index (χ4v) is 1.57. The fourth-order valence-electron chi connectivity index (χ4n) is 1.57. The predicted octanol–water partition coefficient (Wildman–Crippen LogP) is 2.32. The number of aromatic nitrogens is 1. The lowest BCUT2D eigenvalue weighted by Crippen LogP contribution is -2.21. The molecular formula is C12H18N2O. The Balaban J connectivity index is 2.92. The minimum Gasteiger partial charge on any atom is -0.481 e. The molecule has 0 saturated heterocycles. The Kier molecular flexibility index (Phi) is 4.84. The van der Waals surface area contributed by atoms with Crippen LogP contribution in [0.15, 0.2) is 31.0 Å². The van der Waals surface area contributed by atoms with Gasteiger partial charge in [0, 0.05) is 17.8 Å². The van der Waals surface area contributed by atoms with Gasteiger partial charge < -0.3 is 10.1 Å². The van der Waals surface area contributed by atoms with Crippen molar-refractivity contribution in [3.05, 3.63) is 36.5 Å². The lowest BCUT2D eigenvalue weighted by Gasteiger charge is -2.18. The van der Waals surface area contributed by atoms with Crippen molar-refractivity contribution in [1.82, 2.24) is 10.3 Å². The Hall–Kier alpha value is -1.35. The van der Waals surface area contributed by atoms with Gasteiger partial charge in [-0.15, -0.1) is 6.58 Å². The summed E-state index contributed by atoms with van der Waals surface area (Å²) in [6.07, 6.45) is 4.51. The molecule has 1 unspecified atom stereocenters. The van der Waals surface area contributed by atoms with E-state index in [0.717, 1.165) is 18.5 Å². The largest absolute Gasteiger partial charge is 0.481 e.